The van der Waals surface area contributed by atoms with Gasteiger partial charge in [-0.1, -0.05) is 39.5 Å². The lowest BCUT2D eigenvalue weighted by molar-refractivity contribution is 0.0276. The molecule has 1 rings (SSSR count). The average molecular weight is 300 g/mol. The fraction of sp³-hybridized carbons (Fsp3) is 0.938. The van der Waals surface area contributed by atoms with Crippen molar-refractivity contribution in [3.05, 3.63) is 0 Å². The molecule has 0 heterocycles. The molecule has 0 aromatic heterocycles. The number of aliphatic hydroxyl groups is 2. The normalized spacial score (nSPS) is 20.4. The van der Waals surface area contributed by atoms with Gasteiger partial charge in [0.15, 0.2) is 0 Å². The van der Waals surface area contributed by atoms with E-state index in [9.17, 15) is 15.0 Å². The molecule has 4 N–H and O–H groups in total. The van der Waals surface area contributed by atoms with Crippen molar-refractivity contribution < 1.29 is 15.0 Å². The molecular formula is C16H32N2O3. The lowest BCUT2D eigenvalue weighted by Crippen LogP contribution is -2.48. The van der Waals surface area contributed by atoms with E-state index in [1.165, 1.54) is 12.8 Å². The zero-order chi connectivity index (χ0) is 15.9. The van der Waals surface area contributed by atoms with Crippen LogP contribution in [-0.2, 0) is 0 Å². The molecule has 0 aromatic carbocycles. The molecule has 0 radical (unpaired) electrons. The summed E-state index contributed by atoms with van der Waals surface area (Å²) in [5.41, 5.74) is -0.895. The summed E-state index contributed by atoms with van der Waals surface area (Å²) in [6.07, 6.45) is 6.18. The molecule has 21 heavy (non-hydrogen) atoms. The Balaban J connectivity index is 2.30. The second-order valence-electron chi connectivity index (χ2n) is 7.39. The first-order chi connectivity index (χ1) is 9.72. The van der Waals surface area contributed by atoms with Crippen LogP contribution in [0.25, 0.3) is 0 Å². The van der Waals surface area contributed by atoms with Gasteiger partial charge >= 0.3 is 6.03 Å². The summed E-state index contributed by atoms with van der Waals surface area (Å²) in [5.74, 6) is 0. The van der Waals surface area contributed by atoms with Crippen LogP contribution in [0.4, 0.5) is 4.79 Å². The predicted molar refractivity (Wildman–Crippen MR) is 84.1 cm³/mol. The van der Waals surface area contributed by atoms with Gasteiger partial charge in [-0.2, -0.15) is 0 Å². The first kappa shape index (κ1) is 18.2. The van der Waals surface area contributed by atoms with Crippen LogP contribution in [0.15, 0.2) is 0 Å². The molecule has 0 saturated heterocycles. The van der Waals surface area contributed by atoms with E-state index in [0.717, 1.165) is 25.7 Å². The number of nitrogens with one attached hydrogen (secondary N) is 2. The second kappa shape index (κ2) is 7.99. The van der Waals surface area contributed by atoms with Gasteiger partial charge in [-0.25, -0.2) is 4.79 Å². The third-order valence-electron chi connectivity index (χ3n) is 4.19. The van der Waals surface area contributed by atoms with Gasteiger partial charge in [0, 0.05) is 13.1 Å². The topological polar surface area (TPSA) is 81.6 Å². The van der Waals surface area contributed by atoms with Crippen LogP contribution >= 0.6 is 0 Å². The van der Waals surface area contributed by atoms with Crippen LogP contribution in [0.3, 0.4) is 0 Å². The quantitative estimate of drug-likeness (QED) is 0.567. The Morgan fingerprint density at radius 2 is 1.76 bits per heavy atom. The van der Waals surface area contributed by atoms with Gasteiger partial charge in [0.2, 0.25) is 0 Å². The molecule has 124 valence electrons. The van der Waals surface area contributed by atoms with Crippen molar-refractivity contribution in [1.82, 2.24) is 10.6 Å². The number of amides is 2. The maximum Gasteiger partial charge on any atom is 0.314 e. The third kappa shape index (κ3) is 7.67. The summed E-state index contributed by atoms with van der Waals surface area (Å²) >= 11 is 0. The van der Waals surface area contributed by atoms with Crippen LogP contribution in [0.5, 0.6) is 0 Å². The van der Waals surface area contributed by atoms with Gasteiger partial charge in [0.25, 0.3) is 0 Å². The Hall–Kier alpha value is -0.810. The van der Waals surface area contributed by atoms with Crippen molar-refractivity contribution in [3.8, 4) is 0 Å². The fourth-order valence-electron chi connectivity index (χ4n) is 3.06. The van der Waals surface area contributed by atoms with E-state index in [1.807, 2.05) is 13.8 Å². The van der Waals surface area contributed by atoms with E-state index < -0.39 is 5.60 Å². The highest BCUT2D eigenvalue weighted by molar-refractivity contribution is 5.73. The minimum absolute atomic E-state index is 0.148. The molecule has 1 saturated carbocycles. The maximum absolute atomic E-state index is 11.9. The zero-order valence-corrected chi connectivity index (χ0v) is 13.7. The Labute approximate surface area is 128 Å². The van der Waals surface area contributed by atoms with Gasteiger partial charge in [-0.05, 0) is 31.6 Å². The molecule has 5 nitrogen and oxygen atoms in total. The van der Waals surface area contributed by atoms with Crippen LogP contribution < -0.4 is 10.6 Å². The molecule has 0 aromatic rings. The molecular weight excluding hydrogens is 268 g/mol. The van der Waals surface area contributed by atoms with Crippen molar-refractivity contribution in [2.75, 3.05) is 13.1 Å². The minimum atomic E-state index is -0.747. The molecule has 0 aliphatic heterocycles. The number of carbonyl (C=O) groups is 1. The monoisotopic (exact) mass is 300 g/mol. The van der Waals surface area contributed by atoms with Crippen LogP contribution in [0.2, 0.25) is 0 Å². The van der Waals surface area contributed by atoms with Crippen LogP contribution in [0, 0.1) is 5.41 Å². The zero-order valence-electron chi connectivity index (χ0n) is 13.7. The predicted octanol–water partition coefficient (Wildman–Crippen LogP) is 2.17. The van der Waals surface area contributed by atoms with E-state index in [-0.39, 0.29) is 17.6 Å². The maximum atomic E-state index is 11.9. The highest BCUT2D eigenvalue weighted by atomic mass is 16.3. The van der Waals surface area contributed by atoms with Gasteiger partial charge in [0.05, 0.1) is 11.7 Å². The van der Waals surface area contributed by atoms with Crippen LogP contribution in [0.1, 0.15) is 65.7 Å². The summed E-state index contributed by atoms with van der Waals surface area (Å²) in [7, 11) is 0. The highest BCUT2D eigenvalue weighted by Gasteiger charge is 2.28. The average Bonchev–Trinajstić information content (AvgIpc) is 2.58. The Morgan fingerprint density at radius 1 is 1.19 bits per heavy atom. The molecule has 1 unspecified atom stereocenters. The number of urea groups is 1. The summed E-state index contributed by atoms with van der Waals surface area (Å²) in [6, 6.07) is -0.244. The number of aliphatic hydroxyl groups excluding tert-OH is 1. The lowest BCUT2D eigenvalue weighted by Gasteiger charge is -2.28. The Morgan fingerprint density at radius 3 is 2.29 bits per heavy atom. The lowest BCUT2D eigenvalue weighted by atomic mass is 9.87. The van der Waals surface area contributed by atoms with Crippen molar-refractivity contribution in [3.63, 3.8) is 0 Å². The summed E-state index contributed by atoms with van der Waals surface area (Å²) in [6.45, 7) is 6.60. The Bertz CT molecular complexity index is 321. The van der Waals surface area contributed by atoms with Gasteiger partial charge in [-0.3, -0.25) is 0 Å². The van der Waals surface area contributed by atoms with Gasteiger partial charge in [0.1, 0.15) is 0 Å². The summed E-state index contributed by atoms with van der Waals surface area (Å²) in [4.78, 5) is 11.9. The largest absolute Gasteiger partial charge is 0.393 e. The molecule has 0 spiro atoms. The highest BCUT2D eigenvalue weighted by Crippen LogP contribution is 2.26. The number of hydrogen-bond acceptors (Lipinski definition) is 3. The third-order valence-corrected chi connectivity index (χ3v) is 4.19. The fourth-order valence-corrected chi connectivity index (χ4v) is 3.06. The van der Waals surface area contributed by atoms with Crippen molar-refractivity contribution in [1.29, 1.82) is 0 Å². The van der Waals surface area contributed by atoms with E-state index in [0.29, 0.717) is 19.5 Å². The number of carbonyl (C=O) groups excluding carboxylic acids is 1. The molecule has 1 atom stereocenters. The molecule has 1 aliphatic carbocycles. The van der Waals surface area contributed by atoms with Crippen LogP contribution in [-0.4, -0.2) is 41.0 Å². The first-order valence-corrected chi connectivity index (χ1v) is 8.15. The molecule has 1 aliphatic rings. The SMILES string of the molecule is CC(O)CC(C)(C)CNC(=O)NCC1(O)CCCCCC1. The summed E-state index contributed by atoms with van der Waals surface area (Å²) in [5, 5.41) is 25.5. The molecule has 1 fully saturated rings. The van der Waals surface area contributed by atoms with E-state index >= 15 is 0 Å². The summed E-state index contributed by atoms with van der Waals surface area (Å²) < 4.78 is 0. The van der Waals surface area contributed by atoms with Crippen molar-refractivity contribution in [2.45, 2.75) is 77.4 Å². The minimum Gasteiger partial charge on any atom is -0.393 e. The Kier molecular flexibility index (Phi) is 6.94. The number of rotatable bonds is 6. The van der Waals surface area contributed by atoms with Crippen molar-refractivity contribution >= 4 is 6.03 Å². The van der Waals surface area contributed by atoms with Gasteiger partial charge < -0.3 is 20.8 Å². The first-order valence-electron chi connectivity index (χ1n) is 8.15. The van der Waals surface area contributed by atoms with Crippen molar-refractivity contribution in [2.24, 2.45) is 5.41 Å². The van der Waals surface area contributed by atoms with E-state index in [1.54, 1.807) is 6.92 Å². The number of hydrogen-bond donors (Lipinski definition) is 4. The smallest absolute Gasteiger partial charge is 0.314 e. The molecule has 2 amide bonds. The molecule has 5 heteroatoms. The van der Waals surface area contributed by atoms with Gasteiger partial charge in [-0.15, -0.1) is 0 Å². The van der Waals surface area contributed by atoms with E-state index in [2.05, 4.69) is 10.6 Å². The standard InChI is InChI=1S/C16H32N2O3/c1-13(19)10-15(2,3)11-17-14(20)18-12-16(21)8-6-4-5-7-9-16/h13,19,21H,4-12H2,1-3H3,(H2,17,18,20). The molecule has 0 bridgehead atoms. The van der Waals surface area contributed by atoms with E-state index in [4.69, 9.17) is 0 Å². The second-order valence-corrected chi connectivity index (χ2v) is 7.39.